The van der Waals surface area contributed by atoms with Crippen LogP contribution in [0.2, 0.25) is 0 Å². The van der Waals surface area contributed by atoms with Crippen LogP contribution in [0, 0.1) is 6.92 Å². The van der Waals surface area contributed by atoms with Crippen molar-refractivity contribution in [2.24, 2.45) is 0 Å². The number of fused-ring (bicyclic) bond motifs is 1. The van der Waals surface area contributed by atoms with Crippen molar-refractivity contribution in [2.45, 2.75) is 39.3 Å². The van der Waals surface area contributed by atoms with E-state index >= 15 is 0 Å². The van der Waals surface area contributed by atoms with Gasteiger partial charge in [-0.2, -0.15) is 5.10 Å². The van der Waals surface area contributed by atoms with E-state index in [4.69, 9.17) is 4.74 Å². The van der Waals surface area contributed by atoms with Crippen LogP contribution in [0.15, 0.2) is 24.4 Å². The first kappa shape index (κ1) is 14.6. The molecule has 0 saturated carbocycles. The lowest BCUT2D eigenvalue weighted by molar-refractivity contribution is 0.0580. The van der Waals surface area contributed by atoms with E-state index in [1.165, 1.54) is 11.1 Å². The lowest BCUT2D eigenvalue weighted by Crippen LogP contribution is -2.45. The number of carbonyl (C=O) groups excluding carboxylic acids is 1. The highest BCUT2D eigenvalue weighted by Crippen LogP contribution is 2.35. The number of ether oxygens (including phenoxy) is 1. The Morgan fingerprint density at radius 3 is 2.82 bits per heavy atom. The van der Waals surface area contributed by atoms with Crippen molar-refractivity contribution >= 4 is 5.91 Å². The number of benzene rings is 1. The molecule has 2 unspecified atom stereocenters. The second-order valence-electron chi connectivity index (χ2n) is 5.91. The van der Waals surface area contributed by atoms with Gasteiger partial charge in [-0.3, -0.25) is 9.89 Å². The Labute approximate surface area is 130 Å². The first-order valence-corrected chi connectivity index (χ1v) is 7.52. The molecular weight excluding hydrogens is 278 g/mol. The van der Waals surface area contributed by atoms with Gasteiger partial charge in [-0.25, -0.2) is 0 Å². The summed E-state index contributed by atoms with van der Waals surface area (Å²) in [5, 5.41) is 6.80. The number of H-pyrrole nitrogens is 1. The summed E-state index contributed by atoms with van der Waals surface area (Å²) in [6, 6.07) is 6.26. The molecular formula is C17H21N3O2. The third kappa shape index (κ3) is 2.26. The van der Waals surface area contributed by atoms with E-state index < -0.39 is 0 Å². The summed E-state index contributed by atoms with van der Waals surface area (Å²) in [7, 11) is 1.68. The van der Waals surface area contributed by atoms with E-state index in [0.29, 0.717) is 5.56 Å². The Hall–Kier alpha value is -2.30. The number of amides is 1. The van der Waals surface area contributed by atoms with Crippen LogP contribution in [-0.2, 0) is 6.42 Å². The number of methoxy groups -OCH3 is 1. The number of hydrogen-bond acceptors (Lipinski definition) is 3. The molecule has 5 nitrogen and oxygen atoms in total. The van der Waals surface area contributed by atoms with Crippen molar-refractivity contribution in [3.05, 3.63) is 46.8 Å². The van der Waals surface area contributed by atoms with Gasteiger partial charge in [0, 0.05) is 11.7 Å². The monoisotopic (exact) mass is 299 g/mol. The number of nitrogens with one attached hydrogen (secondary N) is 1. The molecule has 0 radical (unpaired) electrons. The Morgan fingerprint density at radius 2 is 2.18 bits per heavy atom. The van der Waals surface area contributed by atoms with Gasteiger partial charge in [-0.05, 0) is 50.5 Å². The normalized spacial score (nSPS) is 20.6. The summed E-state index contributed by atoms with van der Waals surface area (Å²) in [5.41, 5.74) is 3.90. The molecule has 2 heterocycles. The average molecular weight is 299 g/mol. The molecule has 22 heavy (non-hydrogen) atoms. The molecule has 0 aliphatic carbocycles. The van der Waals surface area contributed by atoms with Gasteiger partial charge in [0.15, 0.2) is 0 Å². The third-order valence-corrected chi connectivity index (χ3v) is 4.50. The molecule has 2 aromatic rings. The van der Waals surface area contributed by atoms with Crippen molar-refractivity contribution in [2.75, 3.05) is 7.11 Å². The second-order valence-corrected chi connectivity index (χ2v) is 5.91. The summed E-state index contributed by atoms with van der Waals surface area (Å²) in [5.74, 6) is 0.899. The molecule has 0 spiro atoms. The van der Waals surface area contributed by atoms with Crippen LogP contribution in [0.5, 0.6) is 5.75 Å². The largest absolute Gasteiger partial charge is 0.497 e. The summed E-state index contributed by atoms with van der Waals surface area (Å²) in [6.07, 6.45) is 2.44. The minimum Gasteiger partial charge on any atom is -0.497 e. The van der Waals surface area contributed by atoms with Gasteiger partial charge in [-0.15, -0.1) is 0 Å². The fourth-order valence-corrected chi connectivity index (χ4v) is 3.32. The molecule has 0 saturated heterocycles. The van der Waals surface area contributed by atoms with Crippen LogP contribution in [-0.4, -0.2) is 34.2 Å². The Morgan fingerprint density at radius 1 is 1.41 bits per heavy atom. The minimum absolute atomic E-state index is 0.0338. The van der Waals surface area contributed by atoms with Crippen molar-refractivity contribution in [1.29, 1.82) is 0 Å². The van der Waals surface area contributed by atoms with Crippen LogP contribution in [0.25, 0.3) is 0 Å². The average Bonchev–Trinajstić information content (AvgIpc) is 2.92. The number of nitrogens with zero attached hydrogens (tertiary/aromatic N) is 2. The molecule has 1 amide bonds. The van der Waals surface area contributed by atoms with E-state index in [-0.39, 0.29) is 18.0 Å². The smallest absolute Gasteiger partial charge is 0.258 e. The second kappa shape index (κ2) is 5.48. The van der Waals surface area contributed by atoms with Crippen LogP contribution < -0.4 is 4.74 Å². The summed E-state index contributed by atoms with van der Waals surface area (Å²) >= 11 is 0. The van der Waals surface area contributed by atoms with Gasteiger partial charge in [0.05, 0.1) is 24.9 Å². The maximum absolute atomic E-state index is 12.9. The fraction of sp³-hybridized carbons (Fsp3) is 0.412. The molecule has 2 atom stereocenters. The summed E-state index contributed by atoms with van der Waals surface area (Å²) in [6.45, 7) is 6.04. The highest BCUT2D eigenvalue weighted by atomic mass is 16.5. The highest BCUT2D eigenvalue weighted by Gasteiger charge is 2.34. The van der Waals surface area contributed by atoms with Crippen LogP contribution in [0.1, 0.15) is 47.1 Å². The lowest BCUT2D eigenvalue weighted by Gasteiger charge is -2.40. The van der Waals surface area contributed by atoms with Crippen molar-refractivity contribution in [3.8, 4) is 5.75 Å². The predicted molar refractivity (Wildman–Crippen MR) is 84.1 cm³/mol. The van der Waals surface area contributed by atoms with E-state index in [2.05, 4.69) is 36.2 Å². The Kier molecular flexibility index (Phi) is 3.64. The molecule has 3 rings (SSSR count). The van der Waals surface area contributed by atoms with Gasteiger partial charge >= 0.3 is 0 Å². The van der Waals surface area contributed by atoms with Gasteiger partial charge in [0.2, 0.25) is 0 Å². The van der Waals surface area contributed by atoms with Crippen LogP contribution >= 0.6 is 0 Å². The predicted octanol–water partition coefficient (Wildman–Crippen LogP) is 2.87. The topological polar surface area (TPSA) is 58.2 Å². The Balaban J connectivity index is 1.97. The number of aromatic nitrogens is 2. The van der Waals surface area contributed by atoms with Gasteiger partial charge in [-0.1, -0.05) is 6.07 Å². The Bertz CT molecular complexity index is 708. The first-order valence-electron chi connectivity index (χ1n) is 7.52. The van der Waals surface area contributed by atoms with E-state index in [0.717, 1.165) is 17.9 Å². The SMILES string of the molecule is COc1ccc2c(c1)CC(C)N(C(=O)c1cn[nH]c1C)C2C. The van der Waals surface area contributed by atoms with Gasteiger partial charge < -0.3 is 9.64 Å². The molecule has 5 heteroatoms. The zero-order valence-corrected chi connectivity index (χ0v) is 13.4. The molecule has 0 fully saturated rings. The van der Waals surface area contributed by atoms with E-state index in [1.54, 1.807) is 13.3 Å². The van der Waals surface area contributed by atoms with Crippen molar-refractivity contribution in [3.63, 3.8) is 0 Å². The lowest BCUT2D eigenvalue weighted by atomic mass is 9.88. The van der Waals surface area contributed by atoms with Crippen LogP contribution in [0.3, 0.4) is 0 Å². The molecule has 0 bridgehead atoms. The highest BCUT2D eigenvalue weighted by molar-refractivity contribution is 5.95. The molecule has 1 aromatic heterocycles. The first-order chi connectivity index (χ1) is 10.5. The minimum atomic E-state index is 0.0338. The van der Waals surface area contributed by atoms with E-state index in [1.807, 2.05) is 17.9 Å². The third-order valence-electron chi connectivity index (χ3n) is 4.50. The quantitative estimate of drug-likeness (QED) is 0.927. The number of rotatable bonds is 2. The molecule has 1 aromatic carbocycles. The zero-order valence-electron chi connectivity index (χ0n) is 13.4. The summed E-state index contributed by atoms with van der Waals surface area (Å²) < 4.78 is 5.31. The van der Waals surface area contributed by atoms with E-state index in [9.17, 15) is 4.79 Å². The molecule has 1 aliphatic rings. The van der Waals surface area contributed by atoms with Crippen molar-refractivity contribution in [1.82, 2.24) is 15.1 Å². The number of aromatic amines is 1. The van der Waals surface area contributed by atoms with Gasteiger partial charge in [0.25, 0.3) is 5.91 Å². The number of hydrogen-bond donors (Lipinski definition) is 1. The number of carbonyl (C=O) groups is 1. The zero-order chi connectivity index (χ0) is 15.9. The standard InChI is InChI=1S/C17H21N3O2/c1-10-7-13-8-14(22-4)5-6-15(13)12(3)20(10)17(21)16-9-18-19-11(16)2/h5-6,8-10,12H,7H2,1-4H3,(H,18,19). The van der Waals surface area contributed by atoms with Gasteiger partial charge in [0.1, 0.15) is 5.75 Å². The van der Waals surface area contributed by atoms with Crippen LogP contribution in [0.4, 0.5) is 0 Å². The summed E-state index contributed by atoms with van der Waals surface area (Å²) in [4.78, 5) is 14.8. The fourth-order valence-electron chi connectivity index (χ4n) is 3.32. The van der Waals surface area contributed by atoms with Crippen molar-refractivity contribution < 1.29 is 9.53 Å². The molecule has 116 valence electrons. The molecule has 1 N–H and O–H groups in total. The maximum atomic E-state index is 12.9. The maximum Gasteiger partial charge on any atom is 0.258 e. The number of aryl methyl sites for hydroxylation is 1. The molecule has 1 aliphatic heterocycles.